The van der Waals surface area contributed by atoms with Crippen LogP contribution in [0.3, 0.4) is 0 Å². The van der Waals surface area contributed by atoms with Crippen molar-refractivity contribution in [3.05, 3.63) is 77.5 Å². The lowest BCUT2D eigenvalue weighted by molar-refractivity contribution is 0.172. The minimum absolute atomic E-state index is 0.0316. The van der Waals surface area contributed by atoms with Crippen LogP contribution in [0.5, 0.6) is 0 Å². The average Bonchev–Trinajstić information content (AvgIpc) is 2.50. The Morgan fingerprint density at radius 1 is 1.00 bits per heavy atom. The highest BCUT2D eigenvalue weighted by Gasteiger charge is 2.17. The lowest BCUT2D eigenvalue weighted by Gasteiger charge is -2.13. The second-order valence-electron chi connectivity index (χ2n) is 4.85. The Balaban J connectivity index is 1.97. The number of nitrogens with zero attached hydrogens (tertiary/aromatic N) is 1. The Labute approximate surface area is 120 Å². The zero-order valence-electron chi connectivity index (χ0n) is 11.1. The molecule has 0 fully saturated rings. The number of para-hydroxylation sites is 1. The van der Waals surface area contributed by atoms with Crippen LogP contribution in [0.15, 0.2) is 54.7 Å². The van der Waals surface area contributed by atoms with Gasteiger partial charge in [0.25, 0.3) is 0 Å². The molecule has 0 amide bonds. The summed E-state index contributed by atoms with van der Waals surface area (Å²) in [5.74, 6) is -1.95. The van der Waals surface area contributed by atoms with Gasteiger partial charge < -0.3 is 5.11 Å². The smallest absolute Gasteiger partial charge is 0.164 e. The van der Waals surface area contributed by atoms with Gasteiger partial charge in [0.15, 0.2) is 11.6 Å². The van der Waals surface area contributed by atoms with Crippen molar-refractivity contribution < 1.29 is 13.9 Å². The highest BCUT2D eigenvalue weighted by Crippen LogP contribution is 2.25. The van der Waals surface area contributed by atoms with Crippen LogP contribution in [-0.4, -0.2) is 10.1 Å². The maximum Gasteiger partial charge on any atom is 0.164 e. The van der Waals surface area contributed by atoms with E-state index in [9.17, 15) is 13.9 Å². The second-order valence-corrected chi connectivity index (χ2v) is 4.85. The first-order chi connectivity index (χ1) is 10.2. The predicted octanol–water partition coefficient (Wildman–Crippen LogP) is 3.79. The fraction of sp³-hybridized carbons (Fsp3) is 0.118. The van der Waals surface area contributed by atoms with E-state index < -0.39 is 17.7 Å². The molecule has 0 aliphatic carbocycles. The first-order valence-corrected chi connectivity index (χ1v) is 6.61. The van der Waals surface area contributed by atoms with Gasteiger partial charge in [-0.15, -0.1) is 0 Å². The van der Waals surface area contributed by atoms with E-state index in [1.165, 1.54) is 12.1 Å². The van der Waals surface area contributed by atoms with E-state index in [4.69, 9.17) is 0 Å². The fourth-order valence-electron chi connectivity index (χ4n) is 2.43. The molecule has 3 rings (SSSR count). The van der Waals surface area contributed by atoms with Gasteiger partial charge in [0.05, 0.1) is 11.6 Å². The molecule has 0 bridgehead atoms. The fourth-order valence-corrected chi connectivity index (χ4v) is 2.43. The van der Waals surface area contributed by atoms with Crippen LogP contribution in [-0.2, 0) is 6.42 Å². The molecule has 1 unspecified atom stereocenters. The summed E-state index contributed by atoms with van der Waals surface area (Å²) in [5.41, 5.74) is 1.62. The number of hydrogen-bond donors (Lipinski definition) is 1. The molecule has 1 heterocycles. The first kappa shape index (κ1) is 13.6. The zero-order valence-corrected chi connectivity index (χ0v) is 11.1. The van der Waals surface area contributed by atoms with Crippen LogP contribution in [0.2, 0.25) is 0 Å². The molecule has 1 atom stereocenters. The summed E-state index contributed by atoms with van der Waals surface area (Å²) >= 11 is 0. The lowest BCUT2D eigenvalue weighted by atomic mass is 9.98. The Kier molecular flexibility index (Phi) is 3.62. The number of aliphatic hydroxyl groups is 1. The summed E-state index contributed by atoms with van der Waals surface area (Å²) in [6.07, 6.45) is 0.738. The Hall–Kier alpha value is -2.33. The van der Waals surface area contributed by atoms with E-state index >= 15 is 0 Å². The molecule has 21 heavy (non-hydrogen) atoms. The number of fused-ring (bicyclic) bond motifs is 1. The summed E-state index contributed by atoms with van der Waals surface area (Å²) in [4.78, 5) is 4.24. The van der Waals surface area contributed by atoms with Gasteiger partial charge in [0.1, 0.15) is 0 Å². The Bertz CT molecular complexity index is 783. The van der Waals surface area contributed by atoms with Crippen molar-refractivity contribution >= 4 is 10.9 Å². The zero-order chi connectivity index (χ0) is 14.8. The molecular formula is C17H13F2NO. The van der Waals surface area contributed by atoms with Crippen LogP contribution in [0.4, 0.5) is 8.78 Å². The summed E-state index contributed by atoms with van der Waals surface area (Å²) < 4.78 is 27.0. The molecule has 1 aromatic heterocycles. The molecule has 0 spiro atoms. The lowest BCUT2D eigenvalue weighted by Crippen LogP contribution is -2.06. The highest BCUT2D eigenvalue weighted by atomic mass is 19.2. The molecule has 2 nitrogen and oxygen atoms in total. The van der Waals surface area contributed by atoms with E-state index in [1.807, 2.05) is 24.3 Å². The third kappa shape index (κ3) is 2.62. The number of benzene rings is 2. The van der Waals surface area contributed by atoms with Crippen molar-refractivity contribution in [3.8, 4) is 0 Å². The highest BCUT2D eigenvalue weighted by molar-refractivity contribution is 5.81. The largest absolute Gasteiger partial charge is 0.388 e. The molecule has 3 aromatic rings. The van der Waals surface area contributed by atoms with E-state index in [1.54, 1.807) is 12.3 Å². The maximum absolute atomic E-state index is 13.7. The quantitative estimate of drug-likeness (QED) is 0.794. The minimum Gasteiger partial charge on any atom is -0.388 e. The summed E-state index contributed by atoms with van der Waals surface area (Å²) in [6, 6.07) is 13.1. The van der Waals surface area contributed by atoms with E-state index in [0.717, 1.165) is 22.5 Å². The summed E-state index contributed by atoms with van der Waals surface area (Å²) in [6.45, 7) is 0. The summed E-state index contributed by atoms with van der Waals surface area (Å²) in [7, 11) is 0. The van der Waals surface area contributed by atoms with Crippen molar-refractivity contribution in [3.63, 3.8) is 0 Å². The standard InChI is InChI=1S/C17H13F2NO/c18-14-6-3-5-13(17(14)19)16(21)10-11-8-9-20-15-7-2-1-4-12(11)15/h1-9,16,21H,10H2. The molecule has 0 aliphatic rings. The van der Waals surface area contributed by atoms with Gasteiger partial charge in [-0.3, -0.25) is 4.98 Å². The molecule has 0 aliphatic heterocycles. The second kappa shape index (κ2) is 5.58. The van der Waals surface area contributed by atoms with E-state index in [-0.39, 0.29) is 12.0 Å². The van der Waals surface area contributed by atoms with Gasteiger partial charge >= 0.3 is 0 Å². The topological polar surface area (TPSA) is 33.1 Å². The van der Waals surface area contributed by atoms with E-state index in [0.29, 0.717) is 0 Å². The van der Waals surface area contributed by atoms with Gasteiger partial charge in [0, 0.05) is 23.6 Å². The number of aliphatic hydroxyl groups excluding tert-OH is 1. The average molecular weight is 285 g/mol. The minimum atomic E-state index is -1.11. The molecule has 0 saturated carbocycles. The molecule has 4 heteroatoms. The third-order valence-corrected chi connectivity index (χ3v) is 3.49. The van der Waals surface area contributed by atoms with Crippen molar-refractivity contribution in [1.29, 1.82) is 0 Å². The van der Waals surface area contributed by atoms with Gasteiger partial charge in [-0.25, -0.2) is 8.78 Å². The SMILES string of the molecule is OC(Cc1ccnc2ccccc12)c1cccc(F)c1F. The summed E-state index contributed by atoms with van der Waals surface area (Å²) in [5, 5.41) is 11.1. The maximum atomic E-state index is 13.7. The van der Waals surface area contributed by atoms with Crippen molar-refractivity contribution in [1.82, 2.24) is 4.98 Å². The van der Waals surface area contributed by atoms with Gasteiger partial charge in [-0.05, 0) is 23.8 Å². The van der Waals surface area contributed by atoms with Crippen molar-refractivity contribution in [2.24, 2.45) is 0 Å². The number of halogens is 2. The molecule has 0 radical (unpaired) electrons. The van der Waals surface area contributed by atoms with Crippen LogP contribution in [0.25, 0.3) is 10.9 Å². The van der Waals surface area contributed by atoms with Crippen LogP contribution in [0, 0.1) is 11.6 Å². The van der Waals surface area contributed by atoms with Crippen LogP contribution >= 0.6 is 0 Å². The Morgan fingerprint density at radius 3 is 2.67 bits per heavy atom. The molecule has 1 N–H and O–H groups in total. The third-order valence-electron chi connectivity index (χ3n) is 3.49. The number of pyridine rings is 1. The Morgan fingerprint density at radius 2 is 1.81 bits per heavy atom. The normalized spacial score (nSPS) is 12.5. The molecule has 0 saturated heterocycles. The van der Waals surface area contributed by atoms with Crippen molar-refractivity contribution in [2.75, 3.05) is 0 Å². The number of rotatable bonds is 3. The van der Waals surface area contributed by atoms with Gasteiger partial charge in [0.2, 0.25) is 0 Å². The van der Waals surface area contributed by atoms with Crippen LogP contribution < -0.4 is 0 Å². The van der Waals surface area contributed by atoms with Crippen LogP contribution in [0.1, 0.15) is 17.2 Å². The first-order valence-electron chi connectivity index (χ1n) is 6.61. The van der Waals surface area contributed by atoms with Crippen molar-refractivity contribution in [2.45, 2.75) is 12.5 Å². The molecular weight excluding hydrogens is 272 g/mol. The number of hydrogen-bond acceptors (Lipinski definition) is 2. The molecule has 2 aromatic carbocycles. The van der Waals surface area contributed by atoms with Gasteiger partial charge in [-0.2, -0.15) is 0 Å². The monoisotopic (exact) mass is 285 g/mol. The predicted molar refractivity (Wildman–Crippen MR) is 76.8 cm³/mol. The van der Waals surface area contributed by atoms with Gasteiger partial charge in [-0.1, -0.05) is 30.3 Å². The number of aromatic nitrogens is 1. The van der Waals surface area contributed by atoms with E-state index in [2.05, 4.69) is 4.98 Å². The molecule has 106 valence electrons.